The van der Waals surface area contributed by atoms with Crippen molar-refractivity contribution in [2.45, 2.75) is 19.5 Å². The van der Waals surface area contributed by atoms with Gasteiger partial charge in [-0.05, 0) is 24.5 Å². The molecule has 2 fully saturated rings. The van der Waals surface area contributed by atoms with Gasteiger partial charge in [0.1, 0.15) is 0 Å². The molecule has 0 radical (unpaired) electrons. The summed E-state index contributed by atoms with van der Waals surface area (Å²) in [6, 6.07) is 13.6. The molecule has 3 heterocycles. The van der Waals surface area contributed by atoms with Crippen molar-refractivity contribution in [1.82, 2.24) is 14.8 Å². The first-order valence-corrected chi connectivity index (χ1v) is 8.96. The fourth-order valence-corrected chi connectivity index (χ4v) is 4.27. The molecule has 2 aliphatic heterocycles. The summed E-state index contributed by atoms with van der Waals surface area (Å²) in [5.41, 5.74) is 1.54. The van der Waals surface area contributed by atoms with Crippen molar-refractivity contribution in [3.8, 4) is 0 Å². The van der Waals surface area contributed by atoms with Crippen LogP contribution in [0.4, 0.5) is 0 Å². The van der Waals surface area contributed by atoms with Crippen LogP contribution in [0.2, 0.25) is 0 Å². The van der Waals surface area contributed by atoms with Crippen LogP contribution in [0.25, 0.3) is 0 Å². The topological polar surface area (TPSA) is 54.3 Å². The van der Waals surface area contributed by atoms with E-state index in [0.717, 1.165) is 19.6 Å². The minimum Gasteiger partial charge on any atom is -0.331 e. The number of pyridine rings is 1. The van der Waals surface area contributed by atoms with E-state index >= 15 is 0 Å². The Morgan fingerprint density at radius 1 is 1.19 bits per heavy atom. The highest BCUT2D eigenvalue weighted by Gasteiger charge is 2.46. The van der Waals surface area contributed by atoms with E-state index < -0.39 is 0 Å². The zero-order chi connectivity index (χ0) is 17.4. The van der Waals surface area contributed by atoms with E-state index in [4.69, 9.17) is 0 Å². The molecule has 4 rings (SSSR count). The van der Waals surface area contributed by atoms with Gasteiger partial charge in [-0.3, -0.25) is 9.59 Å². The Bertz CT molecular complexity index is 836. The molecule has 138 valence electrons. The van der Waals surface area contributed by atoms with E-state index in [-0.39, 0.29) is 29.9 Å². The predicted molar refractivity (Wildman–Crippen MR) is 104 cm³/mol. The van der Waals surface area contributed by atoms with Gasteiger partial charge in [-0.2, -0.15) is 0 Å². The van der Waals surface area contributed by atoms with Gasteiger partial charge >= 0.3 is 0 Å². The standard InChI is InChI=1S/C20H23N3O2.ClH/c1-2-22-9-8-15(10-18(22)24)20(25)23-13-16-11-21-12-17(16)19(23)14-6-4-3-5-7-14;/h3-10,16-17,19,21H,2,11-13H2,1H3;1H/t16-,17-,19-;/m0./s1. The van der Waals surface area contributed by atoms with E-state index in [1.54, 1.807) is 16.8 Å². The van der Waals surface area contributed by atoms with E-state index in [1.165, 1.54) is 11.6 Å². The Balaban J connectivity index is 0.00000196. The lowest BCUT2D eigenvalue weighted by molar-refractivity contribution is 0.0713. The lowest BCUT2D eigenvalue weighted by Crippen LogP contribution is -2.35. The highest BCUT2D eigenvalue weighted by molar-refractivity contribution is 5.94. The highest BCUT2D eigenvalue weighted by Crippen LogP contribution is 2.43. The van der Waals surface area contributed by atoms with Crippen molar-refractivity contribution in [2.75, 3.05) is 19.6 Å². The van der Waals surface area contributed by atoms with Gasteiger partial charge in [0.15, 0.2) is 0 Å². The quantitative estimate of drug-likeness (QED) is 0.898. The van der Waals surface area contributed by atoms with Crippen molar-refractivity contribution in [3.05, 3.63) is 70.1 Å². The molecule has 2 aliphatic rings. The van der Waals surface area contributed by atoms with Gasteiger partial charge in [-0.25, -0.2) is 0 Å². The van der Waals surface area contributed by atoms with Crippen molar-refractivity contribution in [3.63, 3.8) is 0 Å². The van der Waals surface area contributed by atoms with Crippen LogP contribution < -0.4 is 10.9 Å². The number of nitrogens with one attached hydrogen (secondary N) is 1. The number of hydrogen-bond acceptors (Lipinski definition) is 3. The van der Waals surface area contributed by atoms with Crippen LogP contribution in [-0.4, -0.2) is 35.0 Å². The number of nitrogens with zero attached hydrogens (tertiary/aromatic N) is 2. The number of aryl methyl sites for hydroxylation is 1. The molecule has 1 aromatic heterocycles. The van der Waals surface area contributed by atoms with Gasteiger partial charge in [0.05, 0.1) is 6.04 Å². The third-order valence-corrected chi connectivity index (χ3v) is 5.55. The Kier molecular flexibility index (Phi) is 5.49. The molecular weight excluding hydrogens is 350 g/mol. The minimum absolute atomic E-state index is 0. The van der Waals surface area contributed by atoms with Crippen LogP contribution in [0.1, 0.15) is 28.9 Å². The summed E-state index contributed by atoms with van der Waals surface area (Å²) in [4.78, 5) is 27.3. The average Bonchev–Trinajstić information content (AvgIpc) is 3.22. The first kappa shape index (κ1) is 18.7. The smallest absolute Gasteiger partial charge is 0.254 e. The first-order valence-electron chi connectivity index (χ1n) is 8.96. The van der Waals surface area contributed by atoms with E-state index in [2.05, 4.69) is 17.4 Å². The number of carbonyl (C=O) groups excluding carboxylic acids is 1. The molecule has 1 N–H and O–H groups in total. The molecular formula is C20H24ClN3O2. The third-order valence-electron chi connectivity index (χ3n) is 5.55. The third kappa shape index (κ3) is 3.17. The van der Waals surface area contributed by atoms with Crippen LogP contribution in [0.3, 0.4) is 0 Å². The van der Waals surface area contributed by atoms with Crippen LogP contribution in [0.15, 0.2) is 53.5 Å². The molecule has 0 aliphatic carbocycles. The summed E-state index contributed by atoms with van der Waals surface area (Å²) in [5.74, 6) is 0.871. The summed E-state index contributed by atoms with van der Waals surface area (Å²) < 4.78 is 1.61. The summed E-state index contributed by atoms with van der Waals surface area (Å²) in [6.07, 6.45) is 1.71. The fourth-order valence-electron chi connectivity index (χ4n) is 4.27. The predicted octanol–water partition coefficient (Wildman–Crippen LogP) is 2.32. The van der Waals surface area contributed by atoms with E-state index in [0.29, 0.717) is 23.9 Å². The first-order chi connectivity index (χ1) is 12.2. The summed E-state index contributed by atoms with van der Waals surface area (Å²) in [6.45, 7) is 5.16. The molecule has 0 unspecified atom stereocenters. The Labute approximate surface area is 159 Å². The number of likely N-dealkylation sites (tertiary alicyclic amines) is 1. The largest absolute Gasteiger partial charge is 0.331 e. The monoisotopic (exact) mass is 373 g/mol. The number of benzene rings is 1. The van der Waals surface area contributed by atoms with Gasteiger partial charge in [0, 0.05) is 49.9 Å². The molecule has 1 amide bonds. The Morgan fingerprint density at radius 3 is 2.65 bits per heavy atom. The number of amides is 1. The lowest BCUT2D eigenvalue weighted by Gasteiger charge is -2.28. The number of fused-ring (bicyclic) bond motifs is 1. The van der Waals surface area contributed by atoms with Gasteiger partial charge in [0.2, 0.25) is 0 Å². The fraction of sp³-hybridized carbons (Fsp3) is 0.400. The van der Waals surface area contributed by atoms with Gasteiger partial charge in [0.25, 0.3) is 11.5 Å². The van der Waals surface area contributed by atoms with Crippen molar-refractivity contribution in [1.29, 1.82) is 0 Å². The van der Waals surface area contributed by atoms with Crippen LogP contribution in [-0.2, 0) is 6.54 Å². The highest BCUT2D eigenvalue weighted by atomic mass is 35.5. The zero-order valence-corrected chi connectivity index (χ0v) is 15.6. The number of halogens is 1. The van der Waals surface area contributed by atoms with Crippen molar-refractivity contribution >= 4 is 18.3 Å². The van der Waals surface area contributed by atoms with Crippen LogP contribution >= 0.6 is 12.4 Å². The van der Waals surface area contributed by atoms with Gasteiger partial charge in [-0.1, -0.05) is 30.3 Å². The molecule has 3 atom stereocenters. The maximum atomic E-state index is 13.2. The molecule has 26 heavy (non-hydrogen) atoms. The normalized spacial score (nSPS) is 24.2. The average molecular weight is 374 g/mol. The molecule has 5 nitrogen and oxygen atoms in total. The number of rotatable bonds is 3. The second-order valence-corrected chi connectivity index (χ2v) is 6.93. The van der Waals surface area contributed by atoms with Gasteiger partial charge < -0.3 is 14.8 Å². The molecule has 0 saturated carbocycles. The Hall–Kier alpha value is -2.11. The maximum Gasteiger partial charge on any atom is 0.254 e. The molecule has 2 saturated heterocycles. The van der Waals surface area contributed by atoms with Gasteiger partial charge in [-0.15, -0.1) is 12.4 Å². The molecule has 6 heteroatoms. The molecule has 1 aromatic carbocycles. The second-order valence-electron chi connectivity index (χ2n) is 6.93. The zero-order valence-electron chi connectivity index (χ0n) is 14.8. The number of carbonyl (C=O) groups is 1. The number of aromatic nitrogens is 1. The second kappa shape index (κ2) is 7.64. The van der Waals surface area contributed by atoms with Crippen LogP contribution in [0.5, 0.6) is 0 Å². The lowest BCUT2D eigenvalue weighted by atomic mass is 9.89. The molecule has 0 spiro atoms. The van der Waals surface area contributed by atoms with Crippen molar-refractivity contribution in [2.24, 2.45) is 11.8 Å². The Morgan fingerprint density at radius 2 is 1.96 bits per heavy atom. The van der Waals surface area contributed by atoms with E-state index in [9.17, 15) is 9.59 Å². The van der Waals surface area contributed by atoms with Crippen LogP contribution in [0, 0.1) is 11.8 Å². The maximum absolute atomic E-state index is 13.2. The summed E-state index contributed by atoms with van der Waals surface area (Å²) >= 11 is 0. The minimum atomic E-state index is -0.120. The SMILES string of the molecule is CCn1ccc(C(=O)N2C[C@@H]3CNC[C@@H]3[C@@H]2c2ccccc2)cc1=O.Cl. The number of hydrogen-bond donors (Lipinski definition) is 1. The molecule has 0 bridgehead atoms. The van der Waals surface area contributed by atoms with Crippen molar-refractivity contribution < 1.29 is 4.79 Å². The summed E-state index contributed by atoms with van der Waals surface area (Å²) in [5, 5.41) is 3.46. The van der Waals surface area contributed by atoms with E-state index in [1.807, 2.05) is 30.0 Å². The summed E-state index contributed by atoms with van der Waals surface area (Å²) in [7, 11) is 0. The molecule has 2 aromatic rings.